The third-order valence-corrected chi connectivity index (χ3v) is 12.6. The molecule has 370 valence electrons. The van der Waals surface area contributed by atoms with Crippen LogP contribution in [0.2, 0.25) is 0 Å². The molecule has 2 atom stereocenters. The summed E-state index contributed by atoms with van der Waals surface area (Å²) in [5.41, 5.74) is 0. The number of unbranched alkanes of at least 4 members (excludes halogenated alkanes) is 36. The van der Waals surface area contributed by atoms with Crippen LogP contribution in [0.4, 0.5) is 0 Å². The Kier molecular flexibility index (Phi) is 51.1. The molecule has 0 aromatic heterocycles. The van der Waals surface area contributed by atoms with E-state index < -0.39 is 12.1 Å². The van der Waals surface area contributed by atoms with Crippen molar-refractivity contribution in [3.63, 3.8) is 0 Å². The first-order valence-electron chi connectivity index (χ1n) is 27.8. The predicted octanol–water partition coefficient (Wildman–Crippen LogP) is 16.9. The minimum absolute atomic E-state index is 0.0189. The SMILES string of the molecule is CCCCCCCCC/C=C\CCCCCCCC(=O)OCCCCCC/C=C\CCCCCCCCCC(=O)NC(CO)C(O)/C=C/CCCCCCCCCCCCCCC. The molecule has 6 heteroatoms. The van der Waals surface area contributed by atoms with Gasteiger partial charge < -0.3 is 20.3 Å². The number of rotatable bonds is 51. The van der Waals surface area contributed by atoms with Crippen LogP contribution in [0.25, 0.3) is 0 Å². The van der Waals surface area contributed by atoms with Crippen LogP contribution < -0.4 is 5.32 Å². The summed E-state index contributed by atoms with van der Waals surface area (Å²) in [6.07, 6.45) is 64.4. The van der Waals surface area contributed by atoms with Crippen molar-refractivity contribution in [2.45, 2.75) is 302 Å². The highest BCUT2D eigenvalue weighted by Crippen LogP contribution is 2.15. The number of nitrogens with one attached hydrogen (secondary N) is 1. The molecule has 0 bridgehead atoms. The third-order valence-electron chi connectivity index (χ3n) is 12.6. The first-order chi connectivity index (χ1) is 31.0. The maximum Gasteiger partial charge on any atom is 0.305 e. The van der Waals surface area contributed by atoms with Gasteiger partial charge in [-0.25, -0.2) is 0 Å². The number of aliphatic hydroxyl groups excluding tert-OH is 2. The van der Waals surface area contributed by atoms with Gasteiger partial charge in [0.2, 0.25) is 5.91 Å². The van der Waals surface area contributed by atoms with Crippen LogP contribution >= 0.6 is 0 Å². The monoisotopic (exact) mass is 886 g/mol. The second-order valence-corrected chi connectivity index (χ2v) is 18.9. The predicted molar refractivity (Wildman–Crippen MR) is 273 cm³/mol. The highest BCUT2D eigenvalue weighted by Gasteiger charge is 2.18. The van der Waals surface area contributed by atoms with E-state index in [0.29, 0.717) is 19.4 Å². The molecule has 0 radical (unpaired) electrons. The second-order valence-electron chi connectivity index (χ2n) is 18.9. The summed E-state index contributed by atoms with van der Waals surface area (Å²) < 4.78 is 5.46. The van der Waals surface area contributed by atoms with E-state index in [1.54, 1.807) is 6.08 Å². The third kappa shape index (κ3) is 49.4. The number of carbonyl (C=O) groups is 2. The van der Waals surface area contributed by atoms with E-state index in [2.05, 4.69) is 43.5 Å². The van der Waals surface area contributed by atoms with Crippen molar-refractivity contribution in [2.75, 3.05) is 13.2 Å². The second kappa shape index (κ2) is 52.7. The smallest absolute Gasteiger partial charge is 0.305 e. The Morgan fingerprint density at radius 2 is 0.746 bits per heavy atom. The maximum absolute atomic E-state index is 12.4. The zero-order valence-electron chi connectivity index (χ0n) is 42.1. The van der Waals surface area contributed by atoms with Crippen molar-refractivity contribution >= 4 is 11.9 Å². The number of amides is 1. The van der Waals surface area contributed by atoms with Gasteiger partial charge >= 0.3 is 5.97 Å². The summed E-state index contributed by atoms with van der Waals surface area (Å²) in [5.74, 6) is -0.102. The summed E-state index contributed by atoms with van der Waals surface area (Å²) in [7, 11) is 0. The number of esters is 1. The van der Waals surface area contributed by atoms with Crippen molar-refractivity contribution in [3.8, 4) is 0 Å². The van der Waals surface area contributed by atoms with Crippen LogP contribution in [0.3, 0.4) is 0 Å². The number of carbonyl (C=O) groups excluding carboxylic acids is 2. The zero-order chi connectivity index (χ0) is 45.8. The van der Waals surface area contributed by atoms with E-state index in [1.165, 1.54) is 193 Å². The molecule has 0 aliphatic rings. The van der Waals surface area contributed by atoms with Crippen LogP contribution in [0.15, 0.2) is 36.5 Å². The molecule has 0 fully saturated rings. The zero-order valence-corrected chi connectivity index (χ0v) is 42.1. The van der Waals surface area contributed by atoms with Crippen molar-refractivity contribution in [1.29, 1.82) is 0 Å². The molecule has 2 unspecified atom stereocenters. The topological polar surface area (TPSA) is 95.9 Å². The van der Waals surface area contributed by atoms with Crippen molar-refractivity contribution in [1.82, 2.24) is 5.32 Å². The molecule has 6 nitrogen and oxygen atoms in total. The van der Waals surface area contributed by atoms with Gasteiger partial charge in [-0.1, -0.05) is 230 Å². The Bertz CT molecular complexity index is 1020. The van der Waals surface area contributed by atoms with E-state index in [-0.39, 0.29) is 18.5 Å². The molecule has 0 aliphatic carbocycles. The Morgan fingerprint density at radius 1 is 0.429 bits per heavy atom. The Hall–Kier alpha value is -1.92. The summed E-state index contributed by atoms with van der Waals surface area (Å²) in [6.45, 7) is 4.86. The van der Waals surface area contributed by atoms with Gasteiger partial charge in [0, 0.05) is 12.8 Å². The lowest BCUT2D eigenvalue weighted by Gasteiger charge is -2.20. The number of aliphatic hydroxyl groups is 2. The van der Waals surface area contributed by atoms with Gasteiger partial charge in [-0.15, -0.1) is 0 Å². The van der Waals surface area contributed by atoms with Crippen LogP contribution in [0.5, 0.6) is 0 Å². The summed E-state index contributed by atoms with van der Waals surface area (Å²) in [5, 5.41) is 23.1. The fraction of sp³-hybridized carbons (Fsp3) is 0.860. The lowest BCUT2D eigenvalue weighted by Crippen LogP contribution is -2.45. The molecule has 0 spiro atoms. The number of allylic oxidation sites excluding steroid dienone is 5. The van der Waals surface area contributed by atoms with Gasteiger partial charge in [0.05, 0.1) is 25.4 Å². The molecule has 63 heavy (non-hydrogen) atoms. The lowest BCUT2D eigenvalue weighted by molar-refractivity contribution is -0.143. The maximum atomic E-state index is 12.4. The van der Waals surface area contributed by atoms with Gasteiger partial charge in [-0.05, 0) is 83.5 Å². The molecular weight excluding hydrogens is 779 g/mol. The minimum Gasteiger partial charge on any atom is -0.466 e. The van der Waals surface area contributed by atoms with Crippen LogP contribution in [0.1, 0.15) is 290 Å². The summed E-state index contributed by atoms with van der Waals surface area (Å²) in [6, 6.07) is -0.639. The Labute approximate surface area is 392 Å². The molecule has 3 N–H and O–H groups in total. The molecule has 0 heterocycles. The highest BCUT2D eigenvalue weighted by atomic mass is 16.5. The largest absolute Gasteiger partial charge is 0.466 e. The average Bonchev–Trinajstić information content (AvgIpc) is 3.28. The average molecular weight is 886 g/mol. The standard InChI is InChI=1S/C57H107NO5/c1-3-5-7-9-11-13-15-17-19-23-27-31-35-39-43-47-51-57(62)63-52-48-44-40-36-32-28-24-20-22-26-30-34-38-42-46-50-56(61)58-54(53-59)55(60)49-45-41-37-33-29-25-21-18-16-14-12-10-8-6-4-2/h19,23-24,28,45,49,54-55,59-60H,3-18,20-22,25-27,29-44,46-48,50-53H2,1-2H3,(H,58,61)/b23-19-,28-24-,49-45+. The molecule has 0 aliphatic heterocycles. The van der Waals surface area contributed by atoms with E-state index in [4.69, 9.17) is 4.74 Å². The van der Waals surface area contributed by atoms with E-state index >= 15 is 0 Å². The van der Waals surface area contributed by atoms with Crippen molar-refractivity contribution in [2.24, 2.45) is 0 Å². The normalized spacial score (nSPS) is 12.9. The molecule has 0 saturated heterocycles. The number of hydrogen-bond acceptors (Lipinski definition) is 5. The molecule has 0 aromatic carbocycles. The molecular formula is C57H107NO5. The number of hydrogen-bond donors (Lipinski definition) is 3. The van der Waals surface area contributed by atoms with Crippen LogP contribution in [-0.4, -0.2) is 47.4 Å². The van der Waals surface area contributed by atoms with E-state index in [1.807, 2.05) is 6.08 Å². The Morgan fingerprint density at radius 3 is 1.13 bits per heavy atom. The fourth-order valence-electron chi connectivity index (χ4n) is 8.33. The van der Waals surface area contributed by atoms with Crippen molar-refractivity contribution < 1.29 is 24.5 Å². The van der Waals surface area contributed by atoms with Crippen molar-refractivity contribution in [3.05, 3.63) is 36.5 Å². The summed E-state index contributed by atoms with van der Waals surface area (Å²) in [4.78, 5) is 24.5. The van der Waals surface area contributed by atoms with Gasteiger partial charge in [-0.2, -0.15) is 0 Å². The Balaban J connectivity index is 3.51. The van der Waals surface area contributed by atoms with E-state index in [9.17, 15) is 19.8 Å². The van der Waals surface area contributed by atoms with E-state index in [0.717, 1.165) is 70.6 Å². The quantitative estimate of drug-likeness (QED) is 0.0321. The molecule has 1 amide bonds. The molecule has 0 aromatic rings. The summed E-state index contributed by atoms with van der Waals surface area (Å²) >= 11 is 0. The lowest BCUT2D eigenvalue weighted by atomic mass is 10.0. The van der Waals surface area contributed by atoms with Gasteiger partial charge in [0.25, 0.3) is 0 Å². The highest BCUT2D eigenvalue weighted by molar-refractivity contribution is 5.76. The van der Waals surface area contributed by atoms with Gasteiger partial charge in [0.15, 0.2) is 0 Å². The minimum atomic E-state index is -0.854. The first-order valence-corrected chi connectivity index (χ1v) is 27.8. The molecule has 0 rings (SSSR count). The van der Waals surface area contributed by atoms with Crippen LogP contribution in [-0.2, 0) is 14.3 Å². The fourth-order valence-corrected chi connectivity index (χ4v) is 8.33. The number of ether oxygens (including phenoxy) is 1. The van der Waals surface area contributed by atoms with Gasteiger partial charge in [0.1, 0.15) is 0 Å². The first kappa shape index (κ1) is 61.1. The van der Waals surface area contributed by atoms with Crippen LogP contribution in [0, 0.1) is 0 Å². The molecule has 0 saturated carbocycles. The van der Waals surface area contributed by atoms with Gasteiger partial charge in [-0.3, -0.25) is 9.59 Å².